The maximum atomic E-state index is 5.77. The third kappa shape index (κ3) is 5.28. The summed E-state index contributed by atoms with van der Waals surface area (Å²) < 4.78 is 6.90. The standard InChI is InChI=1S/C17H27BrN2O/c1-13-12-20(8-5-9-21-13)16-7-6-15(18)10-14(16)11-19-17(2,3)4/h6-7,10,13,19H,5,8-9,11-12H2,1-4H3. The van der Waals surface area contributed by atoms with E-state index in [9.17, 15) is 0 Å². The van der Waals surface area contributed by atoms with E-state index in [1.807, 2.05) is 0 Å². The first-order chi connectivity index (χ1) is 9.85. The number of nitrogens with one attached hydrogen (secondary N) is 1. The molecule has 0 saturated carbocycles. The topological polar surface area (TPSA) is 24.5 Å². The van der Waals surface area contributed by atoms with E-state index in [4.69, 9.17) is 4.74 Å². The van der Waals surface area contributed by atoms with Crippen molar-refractivity contribution in [2.75, 3.05) is 24.6 Å². The fourth-order valence-electron chi connectivity index (χ4n) is 2.58. The number of benzene rings is 1. The largest absolute Gasteiger partial charge is 0.377 e. The van der Waals surface area contributed by atoms with Crippen LogP contribution in [-0.2, 0) is 11.3 Å². The molecule has 0 spiro atoms. The Balaban J connectivity index is 2.21. The third-order valence-corrected chi connectivity index (χ3v) is 4.14. The molecule has 1 saturated heterocycles. The van der Waals surface area contributed by atoms with Gasteiger partial charge in [0.25, 0.3) is 0 Å². The summed E-state index contributed by atoms with van der Waals surface area (Å²) in [5, 5.41) is 3.59. The number of rotatable bonds is 3. The highest BCUT2D eigenvalue weighted by Crippen LogP contribution is 2.26. The monoisotopic (exact) mass is 354 g/mol. The summed E-state index contributed by atoms with van der Waals surface area (Å²) >= 11 is 3.60. The molecule has 0 aliphatic carbocycles. The fourth-order valence-corrected chi connectivity index (χ4v) is 2.99. The second kappa shape index (κ2) is 7.12. The molecule has 2 rings (SSSR count). The number of halogens is 1. The van der Waals surface area contributed by atoms with Gasteiger partial charge in [0.05, 0.1) is 6.10 Å². The van der Waals surface area contributed by atoms with E-state index in [0.29, 0.717) is 6.10 Å². The molecule has 1 aromatic carbocycles. The second-order valence-electron chi connectivity index (χ2n) is 6.86. The van der Waals surface area contributed by atoms with Crippen LogP contribution in [0, 0.1) is 0 Å². The van der Waals surface area contributed by atoms with Gasteiger partial charge in [0.1, 0.15) is 0 Å². The molecule has 1 fully saturated rings. The van der Waals surface area contributed by atoms with Gasteiger partial charge in [-0.1, -0.05) is 15.9 Å². The Morgan fingerprint density at radius 1 is 1.38 bits per heavy atom. The molecule has 0 aromatic heterocycles. The molecule has 1 N–H and O–H groups in total. The van der Waals surface area contributed by atoms with Gasteiger partial charge in [0, 0.05) is 41.9 Å². The summed E-state index contributed by atoms with van der Waals surface area (Å²) in [6.45, 7) is 12.5. The van der Waals surface area contributed by atoms with Gasteiger partial charge < -0.3 is 15.0 Å². The van der Waals surface area contributed by atoms with E-state index < -0.39 is 0 Å². The zero-order valence-corrected chi connectivity index (χ0v) is 15.2. The summed E-state index contributed by atoms with van der Waals surface area (Å²) in [5.74, 6) is 0. The molecular formula is C17H27BrN2O. The van der Waals surface area contributed by atoms with Crippen LogP contribution >= 0.6 is 15.9 Å². The van der Waals surface area contributed by atoms with Crippen LogP contribution in [0.2, 0.25) is 0 Å². The quantitative estimate of drug-likeness (QED) is 0.889. The van der Waals surface area contributed by atoms with Crippen molar-refractivity contribution in [3.05, 3.63) is 28.2 Å². The molecule has 1 aliphatic rings. The van der Waals surface area contributed by atoms with Gasteiger partial charge in [-0.2, -0.15) is 0 Å². The Bertz CT molecular complexity index is 470. The van der Waals surface area contributed by atoms with Gasteiger partial charge >= 0.3 is 0 Å². The lowest BCUT2D eigenvalue weighted by Crippen LogP contribution is -2.36. The molecule has 0 amide bonds. The summed E-state index contributed by atoms with van der Waals surface area (Å²) in [6.07, 6.45) is 1.38. The Hall–Kier alpha value is -0.580. The van der Waals surface area contributed by atoms with Crippen LogP contribution in [0.25, 0.3) is 0 Å². The lowest BCUT2D eigenvalue weighted by atomic mass is 10.1. The highest BCUT2D eigenvalue weighted by Gasteiger charge is 2.19. The SMILES string of the molecule is CC1CN(c2ccc(Br)cc2CNC(C)(C)C)CCCO1. The van der Waals surface area contributed by atoms with E-state index in [1.54, 1.807) is 0 Å². The fraction of sp³-hybridized carbons (Fsp3) is 0.647. The Labute approximate surface area is 137 Å². The maximum absolute atomic E-state index is 5.77. The normalized spacial score (nSPS) is 20.4. The molecule has 21 heavy (non-hydrogen) atoms. The van der Waals surface area contributed by atoms with Crippen molar-refractivity contribution < 1.29 is 4.74 Å². The highest BCUT2D eigenvalue weighted by molar-refractivity contribution is 9.10. The first-order valence-corrected chi connectivity index (χ1v) is 8.54. The van der Waals surface area contributed by atoms with E-state index in [0.717, 1.165) is 37.1 Å². The average molecular weight is 355 g/mol. The van der Waals surface area contributed by atoms with Crippen LogP contribution in [0.4, 0.5) is 5.69 Å². The number of hydrogen-bond donors (Lipinski definition) is 1. The molecule has 1 atom stereocenters. The van der Waals surface area contributed by atoms with Gasteiger partial charge in [-0.15, -0.1) is 0 Å². The van der Waals surface area contributed by atoms with Crippen molar-refractivity contribution in [3.8, 4) is 0 Å². The van der Waals surface area contributed by atoms with Gasteiger partial charge in [-0.25, -0.2) is 0 Å². The number of nitrogens with zero attached hydrogens (tertiary/aromatic N) is 1. The lowest BCUT2D eigenvalue weighted by Gasteiger charge is -2.28. The van der Waals surface area contributed by atoms with Crippen molar-refractivity contribution in [2.45, 2.75) is 52.3 Å². The van der Waals surface area contributed by atoms with Crippen molar-refractivity contribution in [2.24, 2.45) is 0 Å². The molecule has 118 valence electrons. The highest BCUT2D eigenvalue weighted by atomic mass is 79.9. The number of hydrogen-bond acceptors (Lipinski definition) is 3. The summed E-state index contributed by atoms with van der Waals surface area (Å²) in [5.41, 5.74) is 2.79. The van der Waals surface area contributed by atoms with E-state index in [-0.39, 0.29) is 5.54 Å². The van der Waals surface area contributed by atoms with Gasteiger partial charge in [0.2, 0.25) is 0 Å². The molecule has 1 aromatic rings. The van der Waals surface area contributed by atoms with Crippen LogP contribution < -0.4 is 10.2 Å². The minimum atomic E-state index is 0.120. The predicted octanol–water partition coefficient (Wildman–Crippen LogP) is 3.95. The Kier molecular flexibility index (Phi) is 5.69. The van der Waals surface area contributed by atoms with Crippen molar-refractivity contribution >= 4 is 21.6 Å². The van der Waals surface area contributed by atoms with Gasteiger partial charge in [0.15, 0.2) is 0 Å². The Morgan fingerprint density at radius 3 is 2.86 bits per heavy atom. The molecule has 4 heteroatoms. The van der Waals surface area contributed by atoms with E-state index >= 15 is 0 Å². The summed E-state index contributed by atoms with van der Waals surface area (Å²) in [7, 11) is 0. The first-order valence-electron chi connectivity index (χ1n) is 7.75. The summed E-state index contributed by atoms with van der Waals surface area (Å²) in [6, 6.07) is 6.58. The lowest BCUT2D eigenvalue weighted by molar-refractivity contribution is 0.0821. The van der Waals surface area contributed by atoms with Gasteiger partial charge in [-0.3, -0.25) is 0 Å². The van der Waals surface area contributed by atoms with E-state index in [1.165, 1.54) is 11.3 Å². The zero-order chi connectivity index (χ0) is 15.5. The van der Waals surface area contributed by atoms with Gasteiger partial charge in [-0.05, 0) is 57.9 Å². The predicted molar refractivity (Wildman–Crippen MR) is 93.0 cm³/mol. The minimum absolute atomic E-state index is 0.120. The maximum Gasteiger partial charge on any atom is 0.0721 e. The average Bonchev–Trinajstić information content (AvgIpc) is 2.60. The van der Waals surface area contributed by atoms with Crippen molar-refractivity contribution in [3.63, 3.8) is 0 Å². The second-order valence-corrected chi connectivity index (χ2v) is 7.77. The van der Waals surface area contributed by atoms with Crippen LogP contribution in [0.15, 0.2) is 22.7 Å². The van der Waals surface area contributed by atoms with Crippen LogP contribution in [0.5, 0.6) is 0 Å². The minimum Gasteiger partial charge on any atom is -0.377 e. The van der Waals surface area contributed by atoms with Crippen LogP contribution in [0.3, 0.4) is 0 Å². The smallest absolute Gasteiger partial charge is 0.0721 e. The number of anilines is 1. The zero-order valence-electron chi connectivity index (χ0n) is 13.6. The molecule has 0 radical (unpaired) electrons. The molecule has 1 heterocycles. The third-order valence-electron chi connectivity index (χ3n) is 3.64. The molecule has 1 aliphatic heterocycles. The van der Waals surface area contributed by atoms with Crippen molar-refractivity contribution in [1.29, 1.82) is 0 Å². The van der Waals surface area contributed by atoms with Crippen LogP contribution in [-0.4, -0.2) is 31.3 Å². The van der Waals surface area contributed by atoms with Crippen molar-refractivity contribution in [1.82, 2.24) is 5.32 Å². The molecule has 3 nitrogen and oxygen atoms in total. The first kappa shape index (κ1) is 16.8. The number of ether oxygens (including phenoxy) is 1. The molecular weight excluding hydrogens is 328 g/mol. The molecule has 0 bridgehead atoms. The van der Waals surface area contributed by atoms with E-state index in [2.05, 4.69) is 72.0 Å². The summed E-state index contributed by atoms with van der Waals surface area (Å²) in [4.78, 5) is 2.46. The molecule has 1 unspecified atom stereocenters. The van der Waals surface area contributed by atoms with Crippen LogP contribution in [0.1, 0.15) is 39.7 Å². The Morgan fingerprint density at radius 2 is 2.14 bits per heavy atom.